The summed E-state index contributed by atoms with van der Waals surface area (Å²) in [6, 6.07) is 9.86. The van der Waals surface area contributed by atoms with Crippen LogP contribution in [0.15, 0.2) is 30.3 Å². The summed E-state index contributed by atoms with van der Waals surface area (Å²) in [5.74, 6) is 1.37. The Morgan fingerprint density at radius 3 is 2.31 bits per heavy atom. The van der Waals surface area contributed by atoms with Crippen molar-refractivity contribution in [3.8, 4) is 0 Å². The molecule has 0 heterocycles. The van der Waals surface area contributed by atoms with E-state index in [0.717, 1.165) is 37.7 Å². The van der Waals surface area contributed by atoms with Crippen LogP contribution in [0.5, 0.6) is 0 Å². The molecule has 2 N–H and O–H groups in total. The number of carbonyl (C=O) groups excluding carboxylic acids is 2. The molecule has 29 heavy (non-hydrogen) atoms. The molecule has 1 aromatic carbocycles. The van der Waals surface area contributed by atoms with Crippen molar-refractivity contribution in [3.05, 3.63) is 35.9 Å². The minimum absolute atomic E-state index is 0.136. The molecular formula is C23H32N2O4. The predicted octanol–water partition coefficient (Wildman–Crippen LogP) is 4.38. The maximum absolute atomic E-state index is 12.5. The van der Waals surface area contributed by atoms with Crippen molar-refractivity contribution in [1.29, 1.82) is 0 Å². The van der Waals surface area contributed by atoms with Crippen LogP contribution in [-0.4, -0.2) is 29.4 Å². The Morgan fingerprint density at radius 2 is 1.69 bits per heavy atom. The molecule has 2 unspecified atom stereocenters. The Morgan fingerprint density at radius 1 is 1.03 bits per heavy atom. The predicted molar refractivity (Wildman–Crippen MR) is 109 cm³/mol. The number of rotatable bonds is 4. The van der Waals surface area contributed by atoms with Crippen molar-refractivity contribution in [1.82, 2.24) is 10.6 Å². The average Bonchev–Trinajstić information content (AvgIpc) is 2.61. The first kappa shape index (κ1) is 20.0. The summed E-state index contributed by atoms with van der Waals surface area (Å²) in [7, 11) is 0. The topological polar surface area (TPSA) is 76.7 Å². The molecular weight excluding hydrogens is 368 g/mol. The molecule has 6 nitrogen and oxygen atoms in total. The minimum atomic E-state index is -0.499. The van der Waals surface area contributed by atoms with E-state index in [9.17, 15) is 9.59 Å². The summed E-state index contributed by atoms with van der Waals surface area (Å²) in [5, 5.41) is 6.33. The summed E-state index contributed by atoms with van der Waals surface area (Å²) < 4.78 is 10.9. The van der Waals surface area contributed by atoms with Crippen LogP contribution in [0.25, 0.3) is 0 Å². The first-order chi connectivity index (χ1) is 13.7. The van der Waals surface area contributed by atoms with E-state index in [1.54, 1.807) is 0 Å². The summed E-state index contributed by atoms with van der Waals surface area (Å²) in [6.07, 6.45) is 4.34. The van der Waals surface area contributed by atoms with Gasteiger partial charge in [-0.05, 0) is 76.2 Å². The number of amides is 2. The van der Waals surface area contributed by atoms with Crippen LogP contribution in [0.4, 0.5) is 9.59 Å². The van der Waals surface area contributed by atoms with Gasteiger partial charge in [-0.1, -0.05) is 30.3 Å². The summed E-state index contributed by atoms with van der Waals surface area (Å²) in [5.41, 5.74) is 0.285. The van der Waals surface area contributed by atoms with Crippen molar-refractivity contribution >= 4 is 12.2 Å². The lowest BCUT2D eigenvalue weighted by molar-refractivity contribution is -0.0480. The highest BCUT2D eigenvalue weighted by Crippen LogP contribution is 2.55. The lowest BCUT2D eigenvalue weighted by Gasteiger charge is -2.59. The van der Waals surface area contributed by atoms with E-state index in [1.165, 1.54) is 0 Å². The van der Waals surface area contributed by atoms with E-state index in [-0.39, 0.29) is 30.4 Å². The highest BCUT2D eigenvalue weighted by atomic mass is 16.6. The molecule has 1 aromatic rings. The Bertz CT molecular complexity index is 742. The first-order valence-electron chi connectivity index (χ1n) is 10.7. The maximum atomic E-state index is 12.5. The molecule has 158 valence electrons. The van der Waals surface area contributed by atoms with Gasteiger partial charge in [0.1, 0.15) is 12.2 Å². The Labute approximate surface area is 172 Å². The van der Waals surface area contributed by atoms with Gasteiger partial charge in [0, 0.05) is 11.6 Å². The molecule has 4 fully saturated rings. The summed E-state index contributed by atoms with van der Waals surface area (Å²) >= 11 is 0. The van der Waals surface area contributed by atoms with E-state index >= 15 is 0 Å². The Kier molecular flexibility index (Phi) is 5.21. The third kappa shape index (κ3) is 4.68. The van der Waals surface area contributed by atoms with Gasteiger partial charge >= 0.3 is 12.2 Å². The SMILES string of the molecule is CC(C)(C)OC(=O)N[C@@H]1C2CC3C[C@H]1C[C@@](NC(=O)OCc1ccccc1)(C3)C2. The lowest BCUT2D eigenvalue weighted by Crippen LogP contribution is -2.66. The molecule has 6 heteroatoms. The number of alkyl carbamates (subject to hydrolysis) is 2. The van der Waals surface area contributed by atoms with E-state index in [4.69, 9.17) is 9.47 Å². The second-order valence-corrected chi connectivity index (χ2v) is 10.1. The van der Waals surface area contributed by atoms with Gasteiger partial charge < -0.3 is 20.1 Å². The molecule has 4 aliphatic rings. The third-order valence-corrected chi connectivity index (χ3v) is 6.54. The van der Waals surface area contributed by atoms with Crippen LogP contribution >= 0.6 is 0 Å². The van der Waals surface area contributed by atoms with Gasteiger partial charge in [0.2, 0.25) is 0 Å². The second-order valence-electron chi connectivity index (χ2n) is 10.1. The number of nitrogens with one attached hydrogen (secondary N) is 2. The van der Waals surface area contributed by atoms with Gasteiger partial charge in [-0.2, -0.15) is 0 Å². The summed E-state index contributed by atoms with van der Waals surface area (Å²) in [6.45, 7) is 5.91. The molecule has 0 spiro atoms. The van der Waals surface area contributed by atoms with Crippen LogP contribution in [-0.2, 0) is 16.1 Å². The van der Waals surface area contributed by atoms with Gasteiger partial charge in [-0.3, -0.25) is 0 Å². The minimum Gasteiger partial charge on any atom is -0.445 e. The molecule has 0 aliphatic heterocycles. The van der Waals surface area contributed by atoms with Gasteiger partial charge in [0.05, 0.1) is 0 Å². The molecule has 5 atom stereocenters. The number of ether oxygens (including phenoxy) is 2. The smallest absolute Gasteiger partial charge is 0.407 e. The first-order valence-corrected chi connectivity index (χ1v) is 10.7. The van der Waals surface area contributed by atoms with Gasteiger partial charge in [0.25, 0.3) is 0 Å². The van der Waals surface area contributed by atoms with Crippen LogP contribution < -0.4 is 10.6 Å². The molecule has 4 bridgehead atoms. The number of hydrogen-bond donors (Lipinski definition) is 2. The molecule has 0 aromatic heterocycles. The largest absolute Gasteiger partial charge is 0.445 e. The fourth-order valence-corrected chi connectivity index (χ4v) is 5.83. The average molecular weight is 401 g/mol. The number of hydrogen-bond acceptors (Lipinski definition) is 4. The van der Waals surface area contributed by atoms with Crippen molar-refractivity contribution in [2.45, 2.75) is 76.7 Å². The zero-order valence-electron chi connectivity index (χ0n) is 17.6. The molecule has 4 saturated carbocycles. The van der Waals surface area contributed by atoms with Gasteiger partial charge in [0.15, 0.2) is 0 Å². The van der Waals surface area contributed by atoms with Crippen molar-refractivity contribution in [3.63, 3.8) is 0 Å². The molecule has 5 rings (SSSR count). The second kappa shape index (κ2) is 7.54. The molecule has 0 saturated heterocycles. The quantitative estimate of drug-likeness (QED) is 0.786. The third-order valence-electron chi connectivity index (χ3n) is 6.54. The van der Waals surface area contributed by atoms with Crippen LogP contribution in [0.3, 0.4) is 0 Å². The highest BCUT2D eigenvalue weighted by Gasteiger charge is 2.56. The maximum Gasteiger partial charge on any atom is 0.407 e. The van der Waals surface area contributed by atoms with E-state index in [1.807, 2.05) is 51.1 Å². The molecule has 2 amide bonds. The van der Waals surface area contributed by atoms with E-state index < -0.39 is 5.60 Å². The van der Waals surface area contributed by atoms with Gasteiger partial charge in [-0.25, -0.2) is 9.59 Å². The standard InChI is InChI=1S/C23H32N2O4/c1-22(2,3)29-20(26)24-19-17-9-16-10-18(19)13-23(11-16,12-17)25-21(27)28-14-15-7-5-4-6-8-15/h4-8,16-19H,9-14H2,1-3H3,(H,24,26)(H,25,27)/t16?,17-,18?,19-,23-/m0/s1. The summed E-state index contributed by atoms with van der Waals surface area (Å²) in [4.78, 5) is 24.8. The van der Waals surface area contributed by atoms with Gasteiger partial charge in [-0.15, -0.1) is 0 Å². The normalized spacial score (nSPS) is 32.5. The van der Waals surface area contributed by atoms with E-state index in [2.05, 4.69) is 10.6 Å². The van der Waals surface area contributed by atoms with Crippen molar-refractivity contribution < 1.29 is 19.1 Å². The van der Waals surface area contributed by atoms with E-state index in [0.29, 0.717) is 17.8 Å². The zero-order valence-corrected chi connectivity index (χ0v) is 17.6. The monoisotopic (exact) mass is 400 g/mol. The fraction of sp³-hybridized carbons (Fsp3) is 0.652. The molecule has 0 radical (unpaired) electrons. The van der Waals surface area contributed by atoms with Crippen molar-refractivity contribution in [2.75, 3.05) is 0 Å². The lowest BCUT2D eigenvalue weighted by atomic mass is 9.51. The number of benzene rings is 1. The Hall–Kier alpha value is -2.24. The van der Waals surface area contributed by atoms with Crippen LogP contribution in [0.2, 0.25) is 0 Å². The Balaban J connectivity index is 1.35. The van der Waals surface area contributed by atoms with Crippen molar-refractivity contribution in [2.24, 2.45) is 17.8 Å². The zero-order chi connectivity index (χ0) is 20.6. The van der Waals surface area contributed by atoms with Crippen LogP contribution in [0, 0.1) is 17.8 Å². The number of carbonyl (C=O) groups is 2. The highest BCUT2D eigenvalue weighted by molar-refractivity contribution is 5.69. The molecule has 4 aliphatic carbocycles. The van der Waals surface area contributed by atoms with Crippen LogP contribution in [0.1, 0.15) is 58.4 Å². The fourth-order valence-electron chi connectivity index (χ4n) is 5.83.